The fourth-order valence-corrected chi connectivity index (χ4v) is 4.83. The van der Waals surface area contributed by atoms with Crippen molar-refractivity contribution in [1.82, 2.24) is 15.5 Å². The summed E-state index contributed by atoms with van der Waals surface area (Å²) in [7, 11) is 0. The summed E-state index contributed by atoms with van der Waals surface area (Å²) < 4.78 is 5.42. The number of rotatable bonds is 6. The van der Waals surface area contributed by atoms with E-state index in [0.717, 1.165) is 50.5 Å². The summed E-state index contributed by atoms with van der Waals surface area (Å²) in [4.78, 5) is 19.6. The largest absolute Gasteiger partial charge is 0.469 e. The maximum atomic E-state index is 12.7. The molecule has 1 saturated heterocycles. The molecule has 4 rings (SSSR count). The molecule has 0 spiro atoms. The quantitative estimate of drug-likeness (QED) is 0.345. The van der Waals surface area contributed by atoms with E-state index >= 15 is 0 Å². The molecule has 1 aromatic heterocycles. The lowest BCUT2D eigenvalue weighted by atomic mass is 10.1. The van der Waals surface area contributed by atoms with Crippen molar-refractivity contribution in [2.24, 2.45) is 10.9 Å². The van der Waals surface area contributed by atoms with E-state index in [1.807, 2.05) is 12.1 Å². The van der Waals surface area contributed by atoms with Gasteiger partial charge in [0.1, 0.15) is 5.76 Å². The lowest BCUT2D eigenvalue weighted by molar-refractivity contribution is -0.134. The van der Waals surface area contributed by atoms with Gasteiger partial charge < -0.3 is 20.0 Å². The molecule has 1 amide bonds. The molecule has 0 bridgehead atoms. The summed E-state index contributed by atoms with van der Waals surface area (Å²) in [5, 5.41) is 7.24. The smallest absolute Gasteiger partial charge is 0.225 e. The number of carbonyl (C=O) groups is 1. The predicted octanol–water partition coefficient (Wildman–Crippen LogP) is 3.71. The molecule has 2 N–H and O–H groups in total. The summed E-state index contributed by atoms with van der Waals surface area (Å²) in [6.45, 7) is 2.38. The second kappa shape index (κ2) is 11.2. The van der Waals surface area contributed by atoms with Crippen LogP contribution >= 0.6 is 24.0 Å². The Bertz CT molecular complexity index is 652. The molecule has 3 aliphatic rings. The average Bonchev–Trinajstić information content (AvgIpc) is 3.48. The van der Waals surface area contributed by atoms with Crippen LogP contribution in [0.3, 0.4) is 0 Å². The Morgan fingerprint density at radius 1 is 1.07 bits per heavy atom. The number of likely N-dealkylation sites (tertiary alicyclic amines) is 1. The first-order chi connectivity index (χ1) is 13.8. The van der Waals surface area contributed by atoms with Gasteiger partial charge >= 0.3 is 0 Å². The molecule has 2 heterocycles. The zero-order valence-corrected chi connectivity index (χ0v) is 19.6. The lowest BCUT2D eigenvalue weighted by Crippen LogP contribution is -2.48. The number of hydrogen-bond acceptors (Lipinski definition) is 3. The van der Waals surface area contributed by atoms with Crippen molar-refractivity contribution in [3.63, 3.8) is 0 Å². The van der Waals surface area contributed by atoms with Gasteiger partial charge in [-0.1, -0.05) is 25.7 Å². The number of halogens is 1. The van der Waals surface area contributed by atoms with E-state index in [0.29, 0.717) is 24.5 Å². The molecule has 0 aromatic carbocycles. The van der Waals surface area contributed by atoms with Gasteiger partial charge in [0.05, 0.1) is 6.26 Å². The van der Waals surface area contributed by atoms with Crippen molar-refractivity contribution in [3.05, 3.63) is 24.2 Å². The second-order valence-electron chi connectivity index (χ2n) is 8.58. The third-order valence-corrected chi connectivity index (χ3v) is 6.45. The monoisotopic (exact) mass is 514 g/mol. The van der Waals surface area contributed by atoms with E-state index in [4.69, 9.17) is 9.41 Å². The Kier molecular flexibility index (Phi) is 8.68. The second-order valence-corrected chi connectivity index (χ2v) is 8.58. The fourth-order valence-electron chi connectivity index (χ4n) is 4.83. The molecule has 162 valence electrons. The van der Waals surface area contributed by atoms with Crippen LogP contribution in [0.2, 0.25) is 0 Å². The zero-order chi connectivity index (χ0) is 19.2. The summed E-state index contributed by atoms with van der Waals surface area (Å²) in [5.74, 6) is 2.52. The third-order valence-electron chi connectivity index (χ3n) is 6.45. The molecule has 1 unspecified atom stereocenters. The molecular formula is C22H35IN4O2. The number of guanidine groups is 1. The molecule has 1 atom stereocenters. The van der Waals surface area contributed by atoms with E-state index in [9.17, 15) is 4.79 Å². The number of nitrogens with one attached hydrogen (secondary N) is 2. The van der Waals surface area contributed by atoms with Crippen LogP contribution in [0, 0.1) is 5.92 Å². The number of hydrogen-bond donors (Lipinski definition) is 2. The Balaban J connectivity index is 0.00000240. The standard InChI is InChI=1S/C22H34N4O2.HI/c27-21(17-6-1-2-7-17)26-14-12-19(16-26)25-22(24-18-8-3-4-9-18)23-13-11-20-10-5-15-28-20;/h5,10,15,17-19H,1-4,6-9,11-14,16H2,(H2,23,24,25);1H. The van der Waals surface area contributed by atoms with Crippen molar-refractivity contribution in [2.75, 3.05) is 19.6 Å². The van der Waals surface area contributed by atoms with Crippen LogP contribution in [0.25, 0.3) is 0 Å². The Labute approximate surface area is 191 Å². The van der Waals surface area contributed by atoms with Crippen LogP contribution in [0.15, 0.2) is 27.8 Å². The van der Waals surface area contributed by atoms with Gasteiger partial charge in [-0.05, 0) is 44.2 Å². The normalized spacial score (nSPS) is 23.4. The predicted molar refractivity (Wildman–Crippen MR) is 126 cm³/mol. The number of carbonyl (C=O) groups excluding carboxylic acids is 1. The third kappa shape index (κ3) is 6.36. The molecule has 0 radical (unpaired) electrons. The van der Waals surface area contributed by atoms with Gasteiger partial charge in [-0.15, -0.1) is 24.0 Å². The first-order valence-corrected chi connectivity index (χ1v) is 11.2. The van der Waals surface area contributed by atoms with Crippen LogP contribution in [-0.4, -0.2) is 48.5 Å². The highest BCUT2D eigenvalue weighted by Gasteiger charge is 2.32. The van der Waals surface area contributed by atoms with Gasteiger partial charge in [-0.25, -0.2) is 0 Å². The van der Waals surface area contributed by atoms with E-state index < -0.39 is 0 Å². The molecule has 29 heavy (non-hydrogen) atoms. The van der Waals surface area contributed by atoms with E-state index in [1.165, 1.54) is 38.5 Å². The SMILES string of the molecule is I.O=C(C1CCCC1)N1CCC(NC(=NCCc2ccco2)NC2CCCC2)C1. The van der Waals surface area contributed by atoms with Gasteiger partial charge in [0.15, 0.2) is 5.96 Å². The van der Waals surface area contributed by atoms with Gasteiger partial charge in [0.2, 0.25) is 5.91 Å². The van der Waals surface area contributed by atoms with Crippen molar-refractivity contribution in [1.29, 1.82) is 0 Å². The summed E-state index contributed by atoms with van der Waals surface area (Å²) in [6.07, 6.45) is 13.1. The van der Waals surface area contributed by atoms with Crippen molar-refractivity contribution in [3.8, 4) is 0 Å². The van der Waals surface area contributed by atoms with Crippen molar-refractivity contribution in [2.45, 2.75) is 76.3 Å². The maximum Gasteiger partial charge on any atom is 0.225 e. The molecule has 1 aliphatic heterocycles. The van der Waals surface area contributed by atoms with E-state index in [1.54, 1.807) is 6.26 Å². The maximum absolute atomic E-state index is 12.7. The highest BCUT2D eigenvalue weighted by Crippen LogP contribution is 2.28. The molecule has 3 fully saturated rings. The van der Waals surface area contributed by atoms with Crippen LogP contribution in [-0.2, 0) is 11.2 Å². The van der Waals surface area contributed by atoms with Gasteiger partial charge in [0.25, 0.3) is 0 Å². The number of nitrogens with zero attached hydrogens (tertiary/aromatic N) is 2. The summed E-state index contributed by atoms with van der Waals surface area (Å²) in [5.41, 5.74) is 0. The summed E-state index contributed by atoms with van der Waals surface area (Å²) in [6, 6.07) is 4.73. The molecule has 2 saturated carbocycles. The molecule has 1 aromatic rings. The fraction of sp³-hybridized carbons (Fsp3) is 0.727. The number of furan rings is 1. The van der Waals surface area contributed by atoms with E-state index in [-0.39, 0.29) is 29.9 Å². The Morgan fingerprint density at radius 3 is 2.52 bits per heavy atom. The molecule has 7 heteroatoms. The highest BCUT2D eigenvalue weighted by atomic mass is 127. The minimum absolute atomic E-state index is 0. The zero-order valence-electron chi connectivity index (χ0n) is 17.3. The first kappa shape index (κ1) is 22.4. The van der Waals surface area contributed by atoms with Gasteiger partial charge in [-0.2, -0.15) is 0 Å². The van der Waals surface area contributed by atoms with Crippen LogP contribution in [0.4, 0.5) is 0 Å². The van der Waals surface area contributed by atoms with Crippen LogP contribution in [0.5, 0.6) is 0 Å². The minimum Gasteiger partial charge on any atom is -0.469 e. The van der Waals surface area contributed by atoms with Gasteiger partial charge in [-0.3, -0.25) is 9.79 Å². The van der Waals surface area contributed by atoms with Crippen LogP contribution in [0.1, 0.15) is 63.5 Å². The molecule has 2 aliphatic carbocycles. The van der Waals surface area contributed by atoms with Gasteiger partial charge in [0, 0.05) is 44.1 Å². The lowest BCUT2D eigenvalue weighted by Gasteiger charge is -2.23. The van der Waals surface area contributed by atoms with E-state index in [2.05, 4.69) is 15.5 Å². The topological polar surface area (TPSA) is 69.9 Å². The van der Waals surface area contributed by atoms with Crippen molar-refractivity contribution >= 4 is 35.8 Å². The molecule has 6 nitrogen and oxygen atoms in total. The first-order valence-electron chi connectivity index (χ1n) is 11.2. The molecular weight excluding hydrogens is 479 g/mol. The Hall–Kier alpha value is -1.25. The highest BCUT2D eigenvalue weighted by molar-refractivity contribution is 14.0. The average molecular weight is 514 g/mol. The summed E-state index contributed by atoms with van der Waals surface area (Å²) >= 11 is 0. The van der Waals surface area contributed by atoms with Crippen LogP contribution < -0.4 is 10.6 Å². The van der Waals surface area contributed by atoms with Crippen molar-refractivity contribution < 1.29 is 9.21 Å². The Morgan fingerprint density at radius 2 is 1.79 bits per heavy atom. The number of aliphatic imine (C=N–C) groups is 1. The minimum atomic E-state index is 0. The number of amides is 1.